The molecular formula is C11H22N3O4P. The van der Waals surface area contributed by atoms with E-state index in [9.17, 15) is 9.59 Å². The Labute approximate surface area is 113 Å². The van der Waals surface area contributed by atoms with Crippen LogP contribution in [0.2, 0.25) is 0 Å². The van der Waals surface area contributed by atoms with Gasteiger partial charge < -0.3 is 0 Å². The van der Waals surface area contributed by atoms with Crippen molar-refractivity contribution < 1.29 is 18.6 Å². The van der Waals surface area contributed by atoms with E-state index in [2.05, 4.69) is 15.3 Å². The second kappa shape index (κ2) is 4.38. The standard InChI is InChI=1S/C11H22N3O4P/c1-6(2)8-10(15)17-19(12-5,13-8)14-9(7(3)4)11(16)18-19/h6-9,12-14H,1-5H3/t8-,9-/m0/s1. The van der Waals surface area contributed by atoms with Crippen molar-refractivity contribution in [1.82, 2.24) is 15.3 Å². The molecule has 2 aliphatic rings. The van der Waals surface area contributed by atoms with Gasteiger partial charge in [0.1, 0.15) is 0 Å². The Morgan fingerprint density at radius 1 is 1.00 bits per heavy atom. The Morgan fingerprint density at radius 2 is 1.37 bits per heavy atom. The Kier molecular flexibility index (Phi) is 3.38. The van der Waals surface area contributed by atoms with Gasteiger partial charge in [-0.05, 0) is 0 Å². The molecule has 0 radical (unpaired) electrons. The van der Waals surface area contributed by atoms with Gasteiger partial charge in [-0.1, -0.05) is 0 Å². The molecule has 2 heterocycles. The molecule has 19 heavy (non-hydrogen) atoms. The predicted molar refractivity (Wildman–Crippen MR) is 71.7 cm³/mol. The number of hydrogen-bond donors (Lipinski definition) is 3. The summed E-state index contributed by atoms with van der Waals surface area (Å²) < 4.78 is 11.0. The summed E-state index contributed by atoms with van der Waals surface area (Å²) in [6.07, 6.45) is 0. The molecule has 0 aliphatic carbocycles. The van der Waals surface area contributed by atoms with E-state index in [0.717, 1.165) is 0 Å². The van der Waals surface area contributed by atoms with Gasteiger partial charge >= 0.3 is 112 Å². The van der Waals surface area contributed by atoms with Crippen LogP contribution in [0.5, 0.6) is 0 Å². The first-order valence-corrected chi connectivity index (χ1v) is 8.56. The van der Waals surface area contributed by atoms with Crippen LogP contribution in [0, 0.1) is 11.8 Å². The molecule has 7 nitrogen and oxygen atoms in total. The average Bonchev–Trinajstić information content (AvgIpc) is 2.77. The van der Waals surface area contributed by atoms with E-state index in [1.54, 1.807) is 7.05 Å². The fraction of sp³-hybridized carbons (Fsp3) is 0.818. The maximum atomic E-state index is 12.0. The first kappa shape index (κ1) is 14.7. The molecular weight excluding hydrogens is 269 g/mol. The van der Waals surface area contributed by atoms with Gasteiger partial charge in [0.05, 0.1) is 0 Å². The van der Waals surface area contributed by atoms with Crippen molar-refractivity contribution in [2.75, 3.05) is 7.05 Å². The van der Waals surface area contributed by atoms with Gasteiger partial charge in [-0.2, -0.15) is 0 Å². The first-order chi connectivity index (χ1) is 8.72. The number of carbonyl (C=O) groups is 2. The molecule has 2 atom stereocenters. The second-order valence-corrected chi connectivity index (χ2v) is 8.95. The van der Waals surface area contributed by atoms with Crippen LogP contribution in [0.25, 0.3) is 0 Å². The molecule has 2 saturated heterocycles. The average molecular weight is 291 g/mol. The predicted octanol–water partition coefficient (Wildman–Crippen LogP) is 0.676. The van der Waals surface area contributed by atoms with Gasteiger partial charge in [0, 0.05) is 0 Å². The summed E-state index contributed by atoms with van der Waals surface area (Å²) in [4.78, 5) is 24.0. The van der Waals surface area contributed by atoms with Crippen LogP contribution in [-0.4, -0.2) is 31.1 Å². The van der Waals surface area contributed by atoms with Crippen LogP contribution >= 0.6 is 7.51 Å². The third-order valence-corrected chi connectivity index (χ3v) is 6.89. The molecule has 1 spiro atoms. The van der Waals surface area contributed by atoms with E-state index >= 15 is 0 Å². The van der Waals surface area contributed by atoms with Crippen molar-refractivity contribution in [2.45, 2.75) is 39.8 Å². The normalized spacial score (nSPS) is 34.4. The van der Waals surface area contributed by atoms with Crippen LogP contribution in [-0.2, 0) is 18.6 Å². The van der Waals surface area contributed by atoms with Crippen molar-refractivity contribution in [3.63, 3.8) is 0 Å². The molecule has 0 aromatic carbocycles. The molecule has 0 saturated carbocycles. The van der Waals surface area contributed by atoms with Crippen molar-refractivity contribution >= 4 is 19.4 Å². The Hall–Kier alpha value is -0.750. The van der Waals surface area contributed by atoms with Gasteiger partial charge in [0.15, 0.2) is 0 Å². The zero-order valence-corrected chi connectivity index (χ0v) is 12.8. The molecule has 0 aromatic rings. The Balaban J connectivity index is 2.35. The summed E-state index contributed by atoms with van der Waals surface area (Å²) in [7, 11) is -2.19. The molecule has 0 aromatic heterocycles. The first-order valence-electron chi connectivity index (χ1n) is 6.48. The monoisotopic (exact) mass is 291 g/mol. The summed E-state index contributed by atoms with van der Waals surface area (Å²) in [5.74, 6) is -0.708. The van der Waals surface area contributed by atoms with Crippen LogP contribution in [0.4, 0.5) is 0 Å². The van der Waals surface area contributed by atoms with Crippen molar-refractivity contribution in [3.05, 3.63) is 0 Å². The Bertz CT molecular complexity index is 390. The van der Waals surface area contributed by atoms with E-state index in [0.29, 0.717) is 0 Å². The zero-order valence-electron chi connectivity index (χ0n) is 11.9. The molecule has 0 amide bonds. The van der Waals surface area contributed by atoms with E-state index in [-0.39, 0.29) is 11.8 Å². The maximum absolute atomic E-state index is 12.0. The SMILES string of the molecule is CNP12(N[C@@H](C(C)C)C(=O)O1)N[C@@H](C(C)C)C(=O)O2. The molecule has 0 unspecified atom stereocenters. The van der Waals surface area contributed by atoms with Gasteiger partial charge in [0.2, 0.25) is 0 Å². The van der Waals surface area contributed by atoms with Crippen molar-refractivity contribution in [3.8, 4) is 0 Å². The van der Waals surface area contributed by atoms with Crippen LogP contribution in [0.3, 0.4) is 0 Å². The number of rotatable bonds is 3. The number of hydrogen-bond acceptors (Lipinski definition) is 7. The summed E-state index contributed by atoms with van der Waals surface area (Å²) in [6.45, 7) is 7.63. The molecule has 3 N–H and O–H groups in total. The van der Waals surface area contributed by atoms with Crippen LogP contribution < -0.4 is 15.3 Å². The minimum absolute atomic E-state index is 0.0425. The molecule has 110 valence electrons. The van der Waals surface area contributed by atoms with Crippen molar-refractivity contribution in [2.24, 2.45) is 11.8 Å². The third kappa shape index (κ3) is 2.14. The third-order valence-electron chi connectivity index (χ3n) is 3.52. The van der Waals surface area contributed by atoms with Crippen molar-refractivity contribution in [1.29, 1.82) is 0 Å². The molecule has 2 aliphatic heterocycles. The summed E-state index contributed by atoms with van der Waals surface area (Å²) in [6, 6.07) is -0.979. The van der Waals surface area contributed by atoms with E-state index in [1.807, 2.05) is 27.7 Å². The fourth-order valence-corrected chi connectivity index (χ4v) is 5.79. The summed E-state index contributed by atoms with van der Waals surface area (Å²) >= 11 is 0. The quantitative estimate of drug-likeness (QED) is 0.659. The van der Waals surface area contributed by atoms with Gasteiger partial charge in [-0.25, -0.2) is 0 Å². The zero-order chi connectivity index (χ0) is 14.4. The topological polar surface area (TPSA) is 88.7 Å². The number of nitrogens with one attached hydrogen (secondary N) is 3. The van der Waals surface area contributed by atoms with E-state index in [1.165, 1.54) is 0 Å². The van der Waals surface area contributed by atoms with E-state index in [4.69, 9.17) is 9.05 Å². The summed E-state index contributed by atoms with van der Waals surface area (Å²) in [5, 5.41) is 9.08. The van der Waals surface area contributed by atoms with E-state index < -0.39 is 31.5 Å². The van der Waals surface area contributed by atoms with Crippen LogP contribution in [0.15, 0.2) is 0 Å². The van der Waals surface area contributed by atoms with Crippen LogP contribution in [0.1, 0.15) is 27.7 Å². The van der Waals surface area contributed by atoms with Gasteiger partial charge in [-0.15, -0.1) is 0 Å². The Morgan fingerprint density at radius 3 is 1.58 bits per heavy atom. The molecule has 0 bridgehead atoms. The van der Waals surface area contributed by atoms with Gasteiger partial charge in [-0.3, -0.25) is 0 Å². The summed E-state index contributed by atoms with van der Waals surface area (Å²) in [5.41, 5.74) is 0. The molecule has 2 rings (SSSR count). The minimum atomic E-state index is -3.80. The van der Waals surface area contributed by atoms with Gasteiger partial charge in [0.25, 0.3) is 0 Å². The number of carbonyl (C=O) groups excluding carboxylic acids is 2. The molecule has 2 fully saturated rings. The fourth-order valence-electron chi connectivity index (χ4n) is 2.29. The second-order valence-electron chi connectivity index (χ2n) is 5.70. The molecule has 8 heteroatoms.